The van der Waals surface area contributed by atoms with Crippen LogP contribution in [0.3, 0.4) is 0 Å². The summed E-state index contributed by atoms with van der Waals surface area (Å²) in [5.41, 5.74) is 0.0816. The van der Waals surface area contributed by atoms with Gasteiger partial charge >= 0.3 is 5.69 Å². The van der Waals surface area contributed by atoms with E-state index >= 15 is 0 Å². The van der Waals surface area contributed by atoms with Crippen molar-refractivity contribution in [1.29, 1.82) is 0 Å². The highest BCUT2D eigenvalue weighted by atomic mass is 16.6. The van der Waals surface area contributed by atoms with Gasteiger partial charge in [0.1, 0.15) is 5.82 Å². The van der Waals surface area contributed by atoms with Crippen LogP contribution in [0.25, 0.3) is 0 Å². The topological polar surface area (TPSA) is 71.3 Å². The predicted molar refractivity (Wildman–Crippen MR) is 66.4 cm³/mol. The first-order valence-electron chi connectivity index (χ1n) is 5.70. The SMILES string of the molecule is CNc1ccc([N+](=O)[O-])c(N2CCC(C)C2)n1. The van der Waals surface area contributed by atoms with Gasteiger partial charge in [-0.2, -0.15) is 0 Å². The maximum Gasteiger partial charge on any atom is 0.311 e. The van der Waals surface area contributed by atoms with Gasteiger partial charge in [0.2, 0.25) is 5.82 Å². The second kappa shape index (κ2) is 4.57. The molecule has 1 aliphatic heterocycles. The van der Waals surface area contributed by atoms with E-state index in [0.717, 1.165) is 19.5 Å². The van der Waals surface area contributed by atoms with Crippen molar-refractivity contribution in [1.82, 2.24) is 4.98 Å². The number of nitrogens with one attached hydrogen (secondary N) is 1. The Kier molecular flexibility index (Phi) is 3.12. The first-order valence-corrected chi connectivity index (χ1v) is 5.70. The van der Waals surface area contributed by atoms with Gasteiger partial charge in [0.05, 0.1) is 4.92 Å². The number of hydrogen-bond acceptors (Lipinski definition) is 5. The molecule has 1 N–H and O–H groups in total. The Morgan fingerprint density at radius 1 is 1.59 bits per heavy atom. The third-order valence-corrected chi connectivity index (χ3v) is 3.03. The zero-order chi connectivity index (χ0) is 12.4. The molecule has 1 aliphatic rings. The molecule has 0 aliphatic carbocycles. The highest BCUT2D eigenvalue weighted by Gasteiger charge is 2.27. The minimum absolute atomic E-state index is 0.0816. The summed E-state index contributed by atoms with van der Waals surface area (Å²) in [6.07, 6.45) is 1.06. The monoisotopic (exact) mass is 236 g/mol. The normalized spacial score (nSPS) is 19.4. The Hall–Kier alpha value is -1.85. The van der Waals surface area contributed by atoms with Crippen LogP contribution in [0.15, 0.2) is 12.1 Å². The summed E-state index contributed by atoms with van der Waals surface area (Å²) in [7, 11) is 1.75. The third kappa shape index (κ3) is 2.30. The van der Waals surface area contributed by atoms with Crippen molar-refractivity contribution in [2.24, 2.45) is 5.92 Å². The lowest BCUT2D eigenvalue weighted by Crippen LogP contribution is -2.21. The molecule has 0 bridgehead atoms. The average Bonchev–Trinajstić information content (AvgIpc) is 2.75. The molecule has 6 heteroatoms. The van der Waals surface area contributed by atoms with Gasteiger partial charge in [-0.3, -0.25) is 10.1 Å². The van der Waals surface area contributed by atoms with Crippen molar-refractivity contribution in [3.8, 4) is 0 Å². The molecule has 0 radical (unpaired) electrons. The van der Waals surface area contributed by atoms with Crippen LogP contribution in [0.2, 0.25) is 0 Å². The fraction of sp³-hybridized carbons (Fsp3) is 0.545. The molecule has 1 unspecified atom stereocenters. The first kappa shape index (κ1) is 11.6. The maximum atomic E-state index is 11.0. The summed E-state index contributed by atoms with van der Waals surface area (Å²) in [5.74, 6) is 1.70. The van der Waals surface area contributed by atoms with Gasteiger partial charge in [-0.1, -0.05) is 6.92 Å². The molecular weight excluding hydrogens is 220 g/mol. The number of anilines is 2. The number of hydrogen-bond donors (Lipinski definition) is 1. The van der Waals surface area contributed by atoms with E-state index in [0.29, 0.717) is 17.6 Å². The second-order valence-electron chi connectivity index (χ2n) is 4.39. The van der Waals surface area contributed by atoms with Crippen LogP contribution in [-0.2, 0) is 0 Å². The predicted octanol–water partition coefficient (Wildman–Crippen LogP) is 1.88. The number of aromatic nitrogens is 1. The van der Waals surface area contributed by atoms with E-state index in [-0.39, 0.29) is 10.6 Å². The molecule has 0 spiro atoms. The van der Waals surface area contributed by atoms with Crippen LogP contribution in [-0.4, -0.2) is 30.0 Å². The van der Waals surface area contributed by atoms with Gasteiger partial charge in [-0.25, -0.2) is 4.98 Å². The molecule has 92 valence electrons. The molecule has 0 amide bonds. The molecule has 1 atom stereocenters. The van der Waals surface area contributed by atoms with Gasteiger partial charge in [0, 0.05) is 26.2 Å². The van der Waals surface area contributed by atoms with Crippen molar-refractivity contribution >= 4 is 17.3 Å². The van der Waals surface area contributed by atoms with Crippen molar-refractivity contribution in [3.63, 3.8) is 0 Å². The Bertz CT molecular complexity index is 435. The highest BCUT2D eigenvalue weighted by molar-refractivity contribution is 5.62. The second-order valence-corrected chi connectivity index (χ2v) is 4.39. The van der Waals surface area contributed by atoms with Gasteiger partial charge in [-0.15, -0.1) is 0 Å². The zero-order valence-electron chi connectivity index (χ0n) is 10.0. The van der Waals surface area contributed by atoms with E-state index < -0.39 is 0 Å². The molecule has 2 rings (SSSR count). The summed E-state index contributed by atoms with van der Waals surface area (Å²) in [4.78, 5) is 16.9. The molecule has 6 nitrogen and oxygen atoms in total. The minimum atomic E-state index is -0.370. The van der Waals surface area contributed by atoms with Gasteiger partial charge in [-0.05, 0) is 18.4 Å². The van der Waals surface area contributed by atoms with E-state index in [1.54, 1.807) is 13.1 Å². The van der Waals surface area contributed by atoms with Crippen LogP contribution in [0.4, 0.5) is 17.3 Å². The Labute approximate surface area is 99.8 Å². The summed E-state index contributed by atoms with van der Waals surface area (Å²) < 4.78 is 0. The summed E-state index contributed by atoms with van der Waals surface area (Å²) in [6, 6.07) is 3.14. The van der Waals surface area contributed by atoms with Gasteiger partial charge in [0.15, 0.2) is 0 Å². The Balaban J connectivity index is 2.38. The van der Waals surface area contributed by atoms with Crippen LogP contribution in [0.5, 0.6) is 0 Å². The third-order valence-electron chi connectivity index (χ3n) is 3.03. The summed E-state index contributed by atoms with van der Waals surface area (Å²) in [6.45, 7) is 3.82. The standard InChI is InChI=1S/C11H16N4O2/c1-8-5-6-14(7-8)11-9(15(16)17)3-4-10(12-2)13-11/h3-4,8H,5-7H2,1-2H3,(H,12,13). The minimum Gasteiger partial charge on any atom is -0.373 e. The van der Waals surface area contributed by atoms with Crippen LogP contribution >= 0.6 is 0 Å². The zero-order valence-corrected chi connectivity index (χ0v) is 10.0. The van der Waals surface area contributed by atoms with E-state index in [9.17, 15) is 10.1 Å². The lowest BCUT2D eigenvalue weighted by Gasteiger charge is -2.17. The van der Waals surface area contributed by atoms with Crippen LogP contribution in [0, 0.1) is 16.0 Å². The molecule has 17 heavy (non-hydrogen) atoms. The van der Waals surface area contributed by atoms with E-state index in [4.69, 9.17) is 0 Å². The lowest BCUT2D eigenvalue weighted by atomic mass is 10.2. The quantitative estimate of drug-likeness (QED) is 0.640. The summed E-state index contributed by atoms with van der Waals surface area (Å²) >= 11 is 0. The van der Waals surface area contributed by atoms with Crippen molar-refractivity contribution in [3.05, 3.63) is 22.2 Å². The molecule has 2 heterocycles. The number of rotatable bonds is 3. The smallest absolute Gasteiger partial charge is 0.311 e. The van der Waals surface area contributed by atoms with Crippen LogP contribution < -0.4 is 10.2 Å². The molecular formula is C11H16N4O2. The van der Waals surface area contributed by atoms with E-state index in [2.05, 4.69) is 17.2 Å². The average molecular weight is 236 g/mol. The van der Waals surface area contributed by atoms with E-state index in [1.165, 1.54) is 6.07 Å². The number of pyridine rings is 1. The lowest BCUT2D eigenvalue weighted by molar-refractivity contribution is -0.384. The Morgan fingerprint density at radius 3 is 2.88 bits per heavy atom. The van der Waals surface area contributed by atoms with Gasteiger partial charge < -0.3 is 10.2 Å². The highest BCUT2D eigenvalue weighted by Crippen LogP contribution is 2.31. The Morgan fingerprint density at radius 2 is 2.35 bits per heavy atom. The van der Waals surface area contributed by atoms with Crippen molar-refractivity contribution < 1.29 is 4.92 Å². The molecule has 0 saturated carbocycles. The maximum absolute atomic E-state index is 11.0. The molecule has 1 aromatic heterocycles. The fourth-order valence-corrected chi connectivity index (χ4v) is 2.08. The van der Waals surface area contributed by atoms with Gasteiger partial charge in [0.25, 0.3) is 0 Å². The number of nitrogens with zero attached hydrogens (tertiary/aromatic N) is 3. The summed E-state index contributed by atoms with van der Waals surface area (Å²) in [5, 5.41) is 13.9. The van der Waals surface area contributed by atoms with Crippen molar-refractivity contribution in [2.75, 3.05) is 30.4 Å². The molecule has 1 fully saturated rings. The van der Waals surface area contributed by atoms with E-state index in [1.807, 2.05) is 4.90 Å². The van der Waals surface area contributed by atoms with Crippen molar-refractivity contribution in [2.45, 2.75) is 13.3 Å². The number of nitro groups is 1. The molecule has 0 aromatic carbocycles. The fourth-order valence-electron chi connectivity index (χ4n) is 2.08. The van der Waals surface area contributed by atoms with Crippen LogP contribution in [0.1, 0.15) is 13.3 Å². The first-order chi connectivity index (χ1) is 8.11. The largest absolute Gasteiger partial charge is 0.373 e. The molecule has 1 saturated heterocycles. The molecule has 1 aromatic rings.